The highest BCUT2D eigenvalue weighted by atomic mass is 16.1. The summed E-state index contributed by atoms with van der Waals surface area (Å²) in [5.74, 6) is 0.267. The van der Waals surface area contributed by atoms with Gasteiger partial charge in [0.1, 0.15) is 5.78 Å². The van der Waals surface area contributed by atoms with Crippen LogP contribution < -0.4 is 0 Å². The van der Waals surface area contributed by atoms with Crippen LogP contribution in [0, 0.1) is 5.41 Å². The van der Waals surface area contributed by atoms with Gasteiger partial charge in [0.05, 0.1) is 0 Å². The average molecular weight is 168 g/mol. The zero-order chi connectivity index (χ0) is 9.61. The summed E-state index contributed by atoms with van der Waals surface area (Å²) < 4.78 is 0. The van der Waals surface area contributed by atoms with E-state index in [0.717, 1.165) is 12.8 Å². The van der Waals surface area contributed by atoms with Crippen molar-refractivity contribution in [1.29, 1.82) is 0 Å². The lowest BCUT2D eigenvalue weighted by Gasteiger charge is -2.18. The first-order valence-electron chi connectivity index (χ1n) is 4.66. The lowest BCUT2D eigenvalue weighted by atomic mass is 9.85. The van der Waals surface area contributed by atoms with E-state index in [1.54, 1.807) is 6.92 Å². The van der Waals surface area contributed by atoms with Crippen molar-refractivity contribution in [1.82, 2.24) is 0 Å². The number of hydrogen-bond donors (Lipinski definition) is 0. The third kappa shape index (κ3) is 4.32. The van der Waals surface area contributed by atoms with Crippen LogP contribution in [0.1, 0.15) is 47.0 Å². The van der Waals surface area contributed by atoms with Crippen molar-refractivity contribution in [2.75, 3.05) is 0 Å². The summed E-state index contributed by atoms with van der Waals surface area (Å²) in [5, 5.41) is 0. The van der Waals surface area contributed by atoms with Crippen molar-refractivity contribution in [3.63, 3.8) is 0 Å². The first-order valence-corrected chi connectivity index (χ1v) is 4.66. The van der Waals surface area contributed by atoms with Crippen LogP contribution in [0.15, 0.2) is 12.2 Å². The third-order valence-electron chi connectivity index (χ3n) is 2.20. The van der Waals surface area contributed by atoms with Gasteiger partial charge in [0.15, 0.2) is 0 Å². The predicted molar refractivity (Wildman–Crippen MR) is 53.1 cm³/mol. The van der Waals surface area contributed by atoms with E-state index < -0.39 is 0 Å². The van der Waals surface area contributed by atoms with Crippen molar-refractivity contribution >= 4 is 5.78 Å². The molecule has 12 heavy (non-hydrogen) atoms. The molecule has 0 fully saturated rings. The number of carbonyl (C=O) groups is 1. The van der Waals surface area contributed by atoms with Gasteiger partial charge in [0.2, 0.25) is 0 Å². The van der Waals surface area contributed by atoms with Gasteiger partial charge < -0.3 is 0 Å². The average Bonchev–Trinajstić information content (AvgIpc) is 1.98. The van der Waals surface area contributed by atoms with Crippen LogP contribution in [-0.2, 0) is 4.79 Å². The molecule has 0 aromatic heterocycles. The Kier molecular flexibility index (Phi) is 4.87. The van der Waals surface area contributed by atoms with Gasteiger partial charge in [0, 0.05) is 5.41 Å². The fourth-order valence-electron chi connectivity index (χ4n) is 0.806. The molecule has 70 valence electrons. The monoisotopic (exact) mass is 168 g/mol. The fraction of sp³-hybridized carbons (Fsp3) is 0.727. The quantitative estimate of drug-likeness (QED) is 0.575. The highest BCUT2D eigenvalue weighted by Gasteiger charge is 2.21. The number of carbonyl (C=O) groups excluding carboxylic acids is 1. The molecule has 0 atom stereocenters. The largest absolute Gasteiger partial charge is 0.299 e. The summed E-state index contributed by atoms with van der Waals surface area (Å²) in [4.78, 5) is 11.1. The third-order valence-corrected chi connectivity index (χ3v) is 2.20. The van der Waals surface area contributed by atoms with Crippen molar-refractivity contribution in [2.45, 2.75) is 47.0 Å². The smallest absolute Gasteiger partial charge is 0.135 e. The van der Waals surface area contributed by atoms with Crippen LogP contribution >= 0.6 is 0 Å². The SMILES string of the molecule is CCCC=CCC(C)(C)C(C)=O. The normalized spacial score (nSPS) is 12.3. The molecule has 0 bridgehead atoms. The Bertz CT molecular complexity index is 166. The first kappa shape index (κ1) is 11.4. The van der Waals surface area contributed by atoms with E-state index in [4.69, 9.17) is 0 Å². The predicted octanol–water partition coefficient (Wildman–Crippen LogP) is 3.35. The lowest BCUT2D eigenvalue weighted by Crippen LogP contribution is -2.19. The van der Waals surface area contributed by atoms with Gasteiger partial charge in [0.25, 0.3) is 0 Å². The Morgan fingerprint density at radius 2 is 1.92 bits per heavy atom. The van der Waals surface area contributed by atoms with Crippen LogP contribution in [0.25, 0.3) is 0 Å². The summed E-state index contributed by atoms with van der Waals surface area (Å²) >= 11 is 0. The van der Waals surface area contributed by atoms with Crippen LogP contribution in [0.2, 0.25) is 0 Å². The minimum atomic E-state index is -0.176. The van der Waals surface area contributed by atoms with Crippen LogP contribution in [-0.4, -0.2) is 5.78 Å². The maximum atomic E-state index is 11.1. The number of unbranched alkanes of at least 4 members (excludes halogenated alkanes) is 1. The van der Waals surface area contributed by atoms with Gasteiger partial charge >= 0.3 is 0 Å². The Hall–Kier alpha value is -0.590. The minimum Gasteiger partial charge on any atom is -0.299 e. The molecule has 0 saturated carbocycles. The van der Waals surface area contributed by atoms with Gasteiger partial charge in [-0.1, -0.05) is 39.3 Å². The van der Waals surface area contributed by atoms with E-state index in [0.29, 0.717) is 0 Å². The molecule has 0 aromatic carbocycles. The molecular weight excluding hydrogens is 148 g/mol. The summed E-state index contributed by atoms with van der Waals surface area (Å²) in [6, 6.07) is 0. The summed E-state index contributed by atoms with van der Waals surface area (Å²) in [7, 11) is 0. The number of ketones is 1. The van der Waals surface area contributed by atoms with E-state index in [2.05, 4.69) is 19.1 Å². The van der Waals surface area contributed by atoms with Crippen LogP contribution in [0.5, 0.6) is 0 Å². The number of Topliss-reactive ketones (excluding diaryl/α,β-unsaturated/α-hetero) is 1. The second-order valence-electron chi connectivity index (χ2n) is 3.90. The standard InChI is InChI=1S/C11H20O/c1-5-6-7-8-9-11(3,4)10(2)12/h7-8H,5-6,9H2,1-4H3. The second-order valence-corrected chi connectivity index (χ2v) is 3.90. The topological polar surface area (TPSA) is 17.1 Å². The maximum absolute atomic E-state index is 11.1. The molecule has 0 spiro atoms. The number of rotatable bonds is 5. The Morgan fingerprint density at radius 1 is 1.33 bits per heavy atom. The molecule has 0 rings (SSSR count). The van der Waals surface area contributed by atoms with E-state index in [1.165, 1.54) is 6.42 Å². The molecular formula is C11H20O. The van der Waals surface area contributed by atoms with Gasteiger partial charge in [-0.05, 0) is 19.8 Å². The zero-order valence-electron chi connectivity index (χ0n) is 8.68. The molecule has 0 unspecified atom stereocenters. The Morgan fingerprint density at radius 3 is 2.33 bits per heavy atom. The van der Waals surface area contributed by atoms with Crippen molar-refractivity contribution in [3.8, 4) is 0 Å². The molecule has 0 saturated heterocycles. The molecule has 0 aliphatic rings. The fourth-order valence-corrected chi connectivity index (χ4v) is 0.806. The zero-order valence-corrected chi connectivity index (χ0v) is 8.68. The first-order chi connectivity index (χ1) is 5.50. The highest BCUT2D eigenvalue weighted by molar-refractivity contribution is 5.81. The summed E-state index contributed by atoms with van der Waals surface area (Å²) in [5.41, 5.74) is -0.176. The molecule has 1 heteroatoms. The van der Waals surface area contributed by atoms with E-state index in [-0.39, 0.29) is 11.2 Å². The molecule has 0 N–H and O–H groups in total. The Labute approximate surface area is 75.9 Å². The molecule has 0 aliphatic carbocycles. The van der Waals surface area contributed by atoms with Gasteiger partial charge in [-0.3, -0.25) is 4.79 Å². The van der Waals surface area contributed by atoms with Crippen LogP contribution in [0.4, 0.5) is 0 Å². The minimum absolute atomic E-state index is 0.176. The number of hydrogen-bond acceptors (Lipinski definition) is 1. The molecule has 1 nitrogen and oxygen atoms in total. The number of allylic oxidation sites excluding steroid dienone is 2. The van der Waals surface area contributed by atoms with Crippen LogP contribution in [0.3, 0.4) is 0 Å². The van der Waals surface area contributed by atoms with Crippen molar-refractivity contribution < 1.29 is 4.79 Å². The summed E-state index contributed by atoms with van der Waals surface area (Å²) in [6.07, 6.45) is 7.43. The van der Waals surface area contributed by atoms with E-state index in [1.807, 2.05) is 13.8 Å². The van der Waals surface area contributed by atoms with E-state index in [9.17, 15) is 4.79 Å². The highest BCUT2D eigenvalue weighted by Crippen LogP contribution is 2.21. The lowest BCUT2D eigenvalue weighted by molar-refractivity contribution is -0.124. The Balaban J connectivity index is 3.83. The molecule has 0 aliphatic heterocycles. The molecule has 0 radical (unpaired) electrons. The molecule has 0 heterocycles. The summed E-state index contributed by atoms with van der Waals surface area (Å²) in [6.45, 7) is 7.80. The van der Waals surface area contributed by atoms with Gasteiger partial charge in [-0.15, -0.1) is 0 Å². The van der Waals surface area contributed by atoms with Gasteiger partial charge in [-0.25, -0.2) is 0 Å². The maximum Gasteiger partial charge on any atom is 0.135 e. The molecule has 0 amide bonds. The van der Waals surface area contributed by atoms with Gasteiger partial charge in [-0.2, -0.15) is 0 Å². The molecule has 0 aromatic rings. The van der Waals surface area contributed by atoms with E-state index >= 15 is 0 Å². The van der Waals surface area contributed by atoms with Crippen molar-refractivity contribution in [3.05, 3.63) is 12.2 Å². The second kappa shape index (κ2) is 5.13. The van der Waals surface area contributed by atoms with Crippen molar-refractivity contribution in [2.24, 2.45) is 5.41 Å².